The summed E-state index contributed by atoms with van der Waals surface area (Å²) in [6.45, 7) is 3.02. The van der Waals surface area contributed by atoms with Crippen LogP contribution in [0.1, 0.15) is 12.5 Å². The molecule has 0 fully saturated rings. The number of nitrogens with one attached hydrogen (secondary N) is 2. The van der Waals surface area contributed by atoms with E-state index in [0.29, 0.717) is 18.2 Å². The van der Waals surface area contributed by atoms with Crippen LogP contribution in [0.5, 0.6) is 11.5 Å². The molecule has 1 aromatic rings. The number of aliphatic hydroxyl groups is 1. The zero-order valence-corrected chi connectivity index (χ0v) is 10.9. The zero-order chi connectivity index (χ0) is 13.0. The van der Waals surface area contributed by atoms with Crippen molar-refractivity contribution in [3.63, 3.8) is 0 Å². The van der Waals surface area contributed by atoms with E-state index in [-0.39, 0.29) is 6.79 Å². The first-order valence-electron chi connectivity index (χ1n) is 5.73. The van der Waals surface area contributed by atoms with Gasteiger partial charge in [0.25, 0.3) is 0 Å². The summed E-state index contributed by atoms with van der Waals surface area (Å²) in [7, 11) is 0. The molecule has 1 atom stereocenters. The lowest BCUT2D eigenvalue weighted by Crippen LogP contribution is -2.38. The van der Waals surface area contributed by atoms with E-state index < -0.39 is 6.10 Å². The van der Waals surface area contributed by atoms with E-state index in [0.717, 1.165) is 17.1 Å². The van der Waals surface area contributed by atoms with Crippen molar-refractivity contribution in [2.45, 2.75) is 19.6 Å². The van der Waals surface area contributed by atoms with Crippen LogP contribution < -0.4 is 20.1 Å². The van der Waals surface area contributed by atoms with Crippen LogP contribution in [0.25, 0.3) is 0 Å². The van der Waals surface area contributed by atoms with Gasteiger partial charge in [0.15, 0.2) is 16.6 Å². The molecule has 3 N–H and O–H groups in total. The summed E-state index contributed by atoms with van der Waals surface area (Å²) in [5.74, 6) is 1.53. The van der Waals surface area contributed by atoms with E-state index in [4.69, 9.17) is 26.8 Å². The van der Waals surface area contributed by atoms with Gasteiger partial charge in [-0.3, -0.25) is 0 Å². The van der Waals surface area contributed by atoms with Gasteiger partial charge >= 0.3 is 0 Å². The van der Waals surface area contributed by atoms with Crippen LogP contribution in [0.15, 0.2) is 18.2 Å². The Morgan fingerprint density at radius 2 is 2.17 bits per heavy atom. The number of ether oxygens (including phenoxy) is 2. The van der Waals surface area contributed by atoms with E-state index in [1.165, 1.54) is 0 Å². The maximum Gasteiger partial charge on any atom is 0.231 e. The molecule has 5 nitrogen and oxygen atoms in total. The minimum atomic E-state index is -0.421. The molecule has 6 heteroatoms. The summed E-state index contributed by atoms with van der Waals surface area (Å²) in [6.07, 6.45) is -0.421. The average Bonchev–Trinajstić information content (AvgIpc) is 2.81. The second-order valence-corrected chi connectivity index (χ2v) is 4.51. The molecule has 0 bridgehead atoms. The highest BCUT2D eigenvalue weighted by molar-refractivity contribution is 7.80. The Morgan fingerprint density at radius 3 is 2.94 bits per heavy atom. The number of benzene rings is 1. The molecule has 0 saturated heterocycles. The first kappa shape index (κ1) is 12.9. The SMILES string of the molecule is C[C@@H](O)CNC(=S)NCc1ccc2c(c1)OCO2. The van der Waals surface area contributed by atoms with Crippen molar-refractivity contribution >= 4 is 17.3 Å². The topological polar surface area (TPSA) is 62.8 Å². The van der Waals surface area contributed by atoms with E-state index in [1.54, 1.807) is 6.92 Å². The molecule has 2 rings (SSSR count). The van der Waals surface area contributed by atoms with Crippen LogP contribution >= 0.6 is 12.2 Å². The fourth-order valence-corrected chi connectivity index (χ4v) is 1.69. The smallest absolute Gasteiger partial charge is 0.231 e. The Hall–Kier alpha value is -1.53. The second kappa shape index (κ2) is 5.88. The maximum absolute atomic E-state index is 9.11. The standard InChI is InChI=1S/C12H16N2O3S/c1-8(15)5-13-12(18)14-6-9-2-3-10-11(4-9)17-7-16-10/h2-4,8,15H,5-7H2,1H3,(H2,13,14,18)/t8-/m1/s1. The van der Waals surface area contributed by atoms with Crippen LogP contribution in [0.2, 0.25) is 0 Å². The van der Waals surface area contributed by atoms with Crippen molar-refractivity contribution in [2.75, 3.05) is 13.3 Å². The van der Waals surface area contributed by atoms with Gasteiger partial charge in [-0.2, -0.15) is 0 Å². The van der Waals surface area contributed by atoms with Gasteiger partial charge in [-0.1, -0.05) is 6.07 Å². The van der Waals surface area contributed by atoms with Crippen LogP contribution in [-0.4, -0.2) is 29.7 Å². The molecule has 98 valence electrons. The molecule has 0 aromatic heterocycles. The fraction of sp³-hybridized carbons (Fsp3) is 0.417. The Morgan fingerprint density at radius 1 is 1.39 bits per heavy atom. The quantitative estimate of drug-likeness (QED) is 0.701. The van der Waals surface area contributed by atoms with Crippen molar-refractivity contribution in [3.05, 3.63) is 23.8 Å². The van der Waals surface area contributed by atoms with Gasteiger partial charge in [-0.15, -0.1) is 0 Å². The Kier molecular flexibility index (Phi) is 4.22. The maximum atomic E-state index is 9.11. The minimum absolute atomic E-state index is 0.278. The lowest BCUT2D eigenvalue weighted by atomic mass is 10.2. The van der Waals surface area contributed by atoms with Crippen LogP contribution in [0.4, 0.5) is 0 Å². The normalized spacial score (nSPS) is 14.1. The molecule has 0 amide bonds. The molecule has 1 aliphatic heterocycles. The van der Waals surface area contributed by atoms with Crippen LogP contribution in [-0.2, 0) is 6.54 Å². The molecule has 0 unspecified atom stereocenters. The number of hydrogen-bond donors (Lipinski definition) is 3. The largest absolute Gasteiger partial charge is 0.454 e. The molecule has 1 aliphatic rings. The summed E-state index contributed by atoms with van der Waals surface area (Å²) in [4.78, 5) is 0. The summed E-state index contributed by atoms with van der Waals surface area (Å²) >= 11 is 5.08. The molecule has 0 radical (unpaired) electrons. The summed E-state index contributed by atoms with van der Waals surface area (Å²) < 4.78 is 10.5. The number of aliphatic hydroxyl groups excluding tert-OH is 1. The number of thiocarbonyl (C=S) groups is 1. The Bertz CT molecular complexity index is 437. The fourth-order valence-electron chi connectivity index (χ4n) is 1.54. The van der Waals surface area contributed by atoms with E-state index in [9.17, 15) is 0 Å². The Labute approximate surface area is 111 Å². The number of hydrogen-bond acceptors (Lipinski definition) is 4. The van der Waals surface area contributed by atoms with Gasteiger partial charge in [-0.05, 0) is 36.8 Å². The highest BCUT2D eigenvalue weighted by Crippen LogP contribution is 2.32. The van der Waals surface area contributed by atoms with Crippen molar-refractivity contribution in [1.82, 2.24) is 10.6 Å². The van der Waals surface area contributed by atoms with E-state index in [2.05, 4.69) is 10.6 Å². The monoisotopic (exact) mass is 268 g/mol. The minimum Gasteiger partial charge on any atom is -0.454 e. The first-order chi connectivity index (χ1) is 8.65. The summed E-state index contributed by atoms with van der Waals surface area (Å²) in [5.41, 5.74) is 1.06. The zero-order valence-electron chi connectivity index (χ0n) is 10.1. The van der Waals surface area contributed by atoms with E-state index >= 15 is 0 Å². The molecular formula is C12H16N2O3S. The van der Waals surface area contributed by atoms with Crippen molar-refractivity contribution < 1.29 is 14.6 Å². The third kappa shape index (κ3) is 3.48. The molecule has 1 aromatic carbocycles. The van der Waals surface area contributed by atoms with Crippen LogP contribution in [0, 0.1) is 0 Å². The summed E-state index contributed by atoms with van der Waals surface area (Å²) in [6, 6.07) is 5.76. The van der Waals surface area contributed by atoms with Gasteiger partial charge < -0.3 is 25.2 Å². The molecular weight excluding hydrogens is 252 g/mol. The molecule has 0 saturated carbocycles. The average molecular weight is 268 g/mol. The van der Waals surface area contributed by atoms with Crippen molar-refractivity contribution in [2.24, 2.45) is 0 Å². The Balaban J connectivity index is 1.81. The molecule has 0 spiro atoms. The predicted molar refractivity (Wildman–Crippen MR) is 71.7 cm³/mol. The lowest BCUT2D eigenvalue weighted by molar-refractivity contribution is 0.174. The highest BCUT2D eigenvalue weighted by Gasteiger charge is 2.12. The molecule has 1 heterocycles. The molecule has 18 heavy (non-hydrogen) atoms. The second-order valence-electron chi connectivity index (χ2n) is 4.10. The third-order valence-electron chi connectivity index (χ3n) is 2.45. The van der Waals surface area contributed by atoms with Crippen LogP contribution in [0.3, 0.4) is 0 Å². The number of fused-ring (bicyclic) bond motifs is 1. The van der Waals surface area contributed by atoms with E-state index in [1.807, 2.05) is 18.2 Å². The van der Waals surface area contributed by atoms with Gasteiger partial charge in [0.2, 0.25) is 6.79 Å². The lowest BCUT2D eigenvalue weighted by Gasteiger charge is -2.11. The van der Waals surface area contributed by atoms with Gasteiger partial charge in [0.1, 0.15) is 0 Å². The number of rotatable bonds is 4. The first-order valence-corrected chi connectivity index (χ1v) is 6.14. The summed E-state index contributed by atoms with van der Waals surface area (Å²) in [5, 5.41) is 15.6. The predicted octanol–water partition coefficient (Wildman–Crippen LogP) is 0.760. The van der Waals surface area contributed by atoms with Crippen molar-refractivity contribution in [1.29, 1.82) is 0 Å². The van der Waals surface area contributed by atoms with Gasteiger partial charge in [-0.25, -0.2) is 0 Å². The van der Waals surface area contributed by atoms with Gasteiger partial charge in [0, 0.05) is 13.1 Å². The van der Waals surface area contributed by atoms with Gasteiger partial charge in [0.05, 0.1) is 6.10 Å². The third-order valence-corrected chi connectivity index (χ3v) is 2.74. The van der Waals surface area contributed by atoms with Crippen molar-refractivity contribution in [3.8, 4) is 11.5 Å². The molecule has 0 aliphatic carbocycles. The highest BCUT2D eigenvalue weighted by atomic mass is 32.1.